The Morgan fingerprint density at radius 3 is 2.68 bits per heavy atom. The number of benzene rings is 1. The summed E-state index contributed by atoms with van der Waals surface area (Å²) < 4.78 is 15.7. The zero-order valence-electron chi connectivity index (χ0n) is 10.5. The third-order valence-corrected chi connectivity index (χ3v) is 3.56. The molecule has 5 heteroatoms. The molecule has 0 atom stereocenters. The Bertz CT molecular complexity index is 649. The van der Waals surface area contributed by atoms with Crippen molar-refractivity contribution in [1.29, 1.82) is 0 Å². The van der Waals surface area contributed by atoms with Gasteiger partial charge in [0.05, 0.1) is 16.6 Å². The summed E-state index contributed by atoms with van der Waals surface area (Å²) in [5.41, 5.74) is 2.25. The molecular formula is C14H12Cl2FNO. The molecule has 0 unspecified atom stereocenters. The van der Waals surface area contributed by atoms with E-state index in [1.807, 2.05) is 0 Å². The molecule has 1 aromatic heterocycles. The number of alkyl halides is 1. The van der Waals surface area contributed by atoms with Gasteiger partial charge in [0.15, 0.2) is 11.6 Å². The van der Waals surface area contributed by atoms with E-state index in [1.54, 1.807) is 36.6 Å². The lowest BCUT2D eigenvalue weighted by Gasteiger charge is -2.11. The molecule has 0 amide bonds. The molecule has 0 fully saturated rings. The summed E-state index contributed by atoms with van der Waals surface area (Å²) in [4.78, 5) is 11.7. The van der Waals surface area contributed by atoms with Gasteiger partial charge in [-0.25, -0.2) is 4.39 Å². The Hall–Kier alpha value is -1.32. The molecule has 2 aromatic rings. The summed E-state index contributed by atoms with van der Waals surface area (Å²) in [5.74, 6) is -0.776. The van der Waals surface area contributed by atoms with Gasteiger partial charge in [-0.05, 0) is 32.0 Å². The highest BCUT2D eigenvalue weighted by Crippen LogP contribution is 2.26. The molecule has 2 nitrogen and oxygen atoms in total. The molecule has 0 aliphatic rings. The van der Waals surface area contributed by atoms with E-state index in [2.05, 4.69) is 0 Å². The van der Waals surface area contributed by atoms with Crippen LogP contribution in [-0.2, 0) is 0 Å². The highest BCUT2D eigenvalue weighted by molar-refractivity contribution is 6.31. The van der Waals surface area contributed by atoms with Crippen molar-refractivity contribution in [3.8, 4) is 5.69 Å². The highest BCUT2D eigenvalue weighted by atomic mass is 35.5. The van der Waals surface area contributed by atoms with Crippen molar-refractivity contribution in [2.24, 2.45) is 0 Å². The van der Waals surface area contributed by atoms with Crippen molar-refractivity contribution in [3.05, 3.63) is 52.1 Å². The van der Waals surface area contributed by atoms with E-state index < -0.39 is 5.82 Å². The average Bonchev–Trinajstić information content (AvgIpc) is 2.68. The fourth-order valence-electron chi connectivity index (χ4n) is 2.15. The molecule has 0 spiro atoms. The predicted molar refractivity (Wildman–Crippen MR) is 75.3 cm³/mol. The first kappa shape index (κ1) is 14.1. The second-order valence-corrected chi connectivity index (χ2v) is 4.92. The molecule has 0 saturated heterocycles. The molecule has 1 heterocycles. The monoisotopic (exact) mass is 299 g/mol. The van der Waals surface area contributed by atoms with Crippen LogP contribution >= 0.6 is 23.2 Å². The largest absolute Gasteiger partial charge is 0.315 e. The van der Waals surface area contributed by atoms with Crippen LogP contribution in [0, 0.1) is 19.7 Å². The van der Waals surface area contributed by atoms with Crippen molar-refractivity contribution < 1.29 is 9.18 Å². The van der Waals surface area contributed by atoms with Crippen LogP contribution in [0.1, 0.15) is 21.7 Å². The smallest absolute Gasteiger partial charge is 0.179 e. The maximum absolute atomic E-state index is 14.1. The number of hydrogen-bond acceptors (Lipinski definition) is 1. The first-order valence-corrected chi connectivity index (χ1v) is 6.61. The lowest BCUT2D eigenvalue weighted by molar-refractivity contribution is 0.102. The van der Waals surface area contributed by atoms with Gasteiger partial charge < -0.3 is 4.57 Å². The molecule has 0 bridgehead atoms. The van der Waals surface area contributed by atoms with Crippen LogP contribution in [0.2, 0.25) is 5.02 Å². The van der Waals surface area contributed by atoms with E-state index in [-0.39, 0.29) is 16.7 Å². The summed E-state index contributed by atoms with van der Waals surface area (Å²) in [6.45, 7) is 3.56. The fraction of sp³-hybridized carbons (Fsp3) is 0.214. The van der Waals surface area contributed by atoms with Crippen LogP contribution in [0.5, 0.6) is 0 Å². The Kier molecular flexibility index (Phi) is 3.97. The van der Waals surface area contributed by atoms with Crippen molar-refractivity contribution >= 4 is 29.0 Å². The zero-order valence-corrected chi connectivity index (χ0v) is 12.0. The van der Waals surface area contributed by atoms with Crippen molar-refractivity contribution in [3.63, 3.8) is 0 Å². The minimum atomic E-state index is -0.504. The van der Waals surface area contributed by atoms with Gasteiger partial charge in [0.25, 0.3) is 0 Å². The number of ketones is 1. The number of hydrogen-bond donors (Lipinski definition) is 0. The number of Topliss-reactive ketones (excluding diaryl/α,β-unsaturated/α-hetero) is 1. The van der Waals surface area contributed by atoms with Gasteiger partial charge in [0.2, 0.25) is 0 Å². The Morgan fingerprint density at radius 1 is 1.37 bits per heavy atom. The Balaban J connectivity index is 2.67. The molecule has 100 valence electrons. The van der Waals surface area contributed by atoms with E-state index in [4.69, 9.17) is 23.2 Å². The first-order chi connectivity index (χ1) is 8.97. The molecule has 0 saturated carbocycles. The second-order valence-electron chi connectivity index (χ2n) is 4.25. The van der Waals surface area contributed by atoms with Gasteiger partial charge in [0.1, 0.15) is 0 Å². The van der Waals surface area contributed by atoms with Crippen LogP contribution in [0.15, 0.2) is 24.3 Å². The van der Waals surface area contributed by atoms with Gasteiger partial charge in [-0.2, -0.15) is 0 Å². The fourth-order valence-corrected chi connectivity index (χ4v) is 2.47. The summed E-state index contributed by atoms with van der Waals surface area (Å²) >= 11 is 11.4. The molecule has 0 aliphatic heterocycles. The van der Waals surface area contributed by atoms with Crippen molar-refractivity contribution in [2.75, 3.05) is 5.88 Å². The average molecular weight is 300 g/mol. The van der Waals surface area contributed by atoms with Crippen LogP contribution in [0.25, 0.3) is 5.69 Å². The van der Waals surface area contributed by atoms with E-state index in [0.717, 1.165) is 5.69 Å². The maximum atomic E-state index is 14.1. The summed E-state index contributed by atoms with van der Waals surface area (Å²) in [7, 11) is 0. The third kappa shape index (κ3) is 2.40. The number of aryl methyl sites for hydroxylation is 1. The quantitative estimate of drug-likeness (QED) is 0.611. The summed E-state index contributed by atoms with van der Waals surface area (Å²) in [6, 6.07) is 6.48. The molecular weight excluding hydrogens is 288 g/mol. The van der Waals surface area contributed by atoms with Crippen molar-refractivity contribution in [1.82, 2.24) is 4.57 Å². The maximum Gasteiger partial charge on any atom is 0.179 e. The highest BCUT2D eigenvalue weighted by Gasteiger charge is 2.18. The van der Waals surface area contributed by atoms with Gasteiger partial charge in [-0.15, -0.1) is 11.6 Å². The molecule has 2 rings (SSSR count). The summed E-state index contributed by atoms with van der Waals surface area (Å²) in [6.07, 6.45) is 0. The normalized spacial score (nSPS) is 10.8. The van der Waals surface area contributed by atoms with Crippen molar-refractivity contribution in [2.45, 2.75) is 13.8 Å². The van der Waals surface area contributed by atoms with Crippen LogP contribution < -0.4 is 0 Å². The van der Waals surface area contributed by atoms with Crippen LogP contribution in [0.3, 0.4) is 0 Å². The van der Waals surface area contributed by atoms with E-state index in [0.29, 0.717) is 16.9 Å². The molecule has 0 radical (unpaired) electrons. The number of carbonyl (C=O) groups excluding carboxylic acids is 1. The zero-order chi connectivity index (χ0) is 14.2. The minimum absolute atomic E-state index is 0.0511. The third-order valence-electron chi connectivity index (χ3n) is 3.03. The standard InChI is InChI=1S/C14H12Cl2FNO/c1-8-6-10(13(19)7-15)9(2)18(8)12-5-3-4-11(16)14(12)17/h3-6H,7H2,1-2H3. The number of aromatic nitrogens is 1. The van der Waals surface area contributed by atoms with Gasteiger partial charge >= 0.3 is 0 Å². The Labute approximate surface area is 120 Å². The van der Waals surface area contributed by atoms with Gasteiger partial charge in [0, 0.05) is 17.0 Å². The van der Waals surface area contributed by atoms with E-state index in [9.17, 15) is 9.18 Å². The topological polar surface area (TPSA) is 22.0 Å². The molecule has 1 aromatic carbocycles. The van der Waals surface area contributed by atoms with E-state index >= 15 is 0 Å². The number of rotatable bonds is 3. The van der Waals surface area contributed by atoms with Gasteiger partial charge in [-0.3, -0.25) is 4.79 Å². The van der Waals surface area contributed by atoms with Crippen LogP contribution in [0.4, 0.5) is 4.39 Å². The van der Waals surface area contributed by atoms with Crippen LogP contribution in [-0.4, -0.2) is 16.2 Å². The minimum Gasteiger partial charge on any atom is -0.315 e. The molecule has 0 N–H and O–H groups in total. The first-order valence-electron chi connectivity index (χ1n) is 5.70. The number of nitrogens with zero attached hydrogens (tertiary/aromatic N) is 1. The Morgan fingerprint density at radius 2 is 2.05 bits per heavy atom. The SMILES string of the molecule is Cc1cc(C(=O)CCl)c(C)n1-c1cccc(Cl)c1F. The summed E-state index contributed by atoms with van der Waals surface area (Å²) in [5, 5.41) is 0.0511. The number of halogens is 3. The van der Waals surface area contributed by atoms with E-state index in [1.165, 1.54) is 6.07 Å². The second kappa shape index (κ2) is 5.35. The lowest BCUT2D eigenvalue weighted by atomic mass is 10.2. The lowest BCUT2D eigenvalue weighted by Crippen LogP contribution is -2.05. The molecule has 19 heavy (non-hydrogen) atoms. The molecule has 0 aliphatic carbocycles. The predicted octanol–water partition coefficient (Wildman–Crippen LogP) is 4.31. The number of carbonyl (C=O) groups is 1. The van der Waals surface area contributed by atoms with Gasteiger partial charge in [-0.1, -0.05) is 17.7 Å².